The van der Waals surface area contributed by atoms with E-state index < -0.39 is 6.10 Å². The zero-order chi connectivity index (χ0) is 13.2. The number of aliphatic hydroxyl groups excluding tert-OH is 1. The van der Waals surface area contributed by atoms with Gasteiger partial charge in [0.1, 0.15) is 16.6 Å². The van der Waals surface area contributed by atoms with Crippen LogP contribution in [-0.2, 0) is 6.54 Å². The van der Waals surface area contributed by atoms with Gasteiger partial charge in [-0.25, -0.2) is 9.97 Å². The summed E-state index contributed by atoms with van der Waals surface area (Å²) >= 11 is 1.60. The van der Waals surface area contributed by atoms with E-state index in [9.17, 15) is 5.11 Å². The van der Waals surface area contributed by atoms with E-state index in [4.69, 9.17) is 4.42 Å². The zero-order valence-corrected chi connectivity index (χ0v) is 11.2. The number of aliphatic hydroxyl groups is 1. The Morgan fingerprint density at radius 3 is 3.11 bits per heavy atom. The van der Waals surface area contributed by atoms with E-state index in [1.165, 1.54) is 6.26 Å². The van der Waals surface area contributed by atoms with Crippen LogP contribution in [-0.4, -0.2) is 19.6 Å². The van der Waals surface area contributed by atoms with Crippen molar-refractivity contribution in [2.75, 3.05) is 0 Å². The molecule has 0 saturated carbocycles. The molecule has 0 radical (unpaired) electrons. The summed E-state index contributed by atoms with van der Waals surface area (Å²) in [6.45, 7) is 2.57. The summed E-state index contributed by atoms with van der Waals surface area (Å²) in [7, 11) is 0. The second-order valence-electron chi connectivity index (χ2n) is 4.21. The standard InChI is InChI=1S/C13H13N3O2S/c1-9-8-19-11(15-9)7-16-5-4-14-13(16)12(17)10-3-2-6-18-10/h2-6,8,12,17H,7H2,1H3/t12-/m0/s1. The van der Waals surface area contributed by atoms with E-state index in [0.717, 1.165) is 10.7 Å². The Bertz CT molecular complexity index is 657. The van der Waals surface area contributed by atoms with Gasteiger partial charge in [0.15, 0.2) is 6.10 Å². The van der Waals surface area contributed by atoms with E-state index >= 15 is 0 Å². The maximum absolute atomic E-state index is 10.2. The Hall–Kier alpha value is -1.92. The summed E-state index contributed by atoms with van der Waals surface area (Å²) in [6.07, 6.45) is 4.18. The summed E-state index contributed by atoms with van der Waals surface area (Å²) < 4.78 is 7.09. The van der Waals surface area contributed by atoms with Crippen LogP contribution in [0.2, 0.25) is 0 Å². The Morgan fingerprint density at radius 2 is 2.42 bits per heavy atom. The van der Waals surface area contributed by atoms with E-state index in [-0.39, 0.29) is 0 Å². The molecule has 0 unspecified atom stereocenters. The molecule has 6 heteroatoms. The van der Waals surface area contributed by atoms with Crippen molar-refractivity contribution in [2.24, 2.45) is 0 Å². The molecule has 0 amide bonds. The molecule has 1 N–H and O–H groups in total. The highest BCUT2D eigenvalue weighted by atomic mass is 32.1. The number of aromatic nitrogens is 3. The minimum atomic E-state index is -0.856. The Morgan fingerprint density at radius 1 is 1.53 bits per heavy atom. The fourth-order valence-electron chi connectivity index (χ4n) is 1.90. The van der Waals surface area contributed by atoms with Gasteiger partial charge in [-0.05, 0) is 19.1 Å². The fraction of sp³-hybridized carbons (Fsp3) is 0.231. The van der Waals surface area contributed by atoms with Crippen molar-refractivity contribution in [1.29, 1.82) is 0 Å². The van der Waals surface area contributed by atoms with Gasteiger partial charge in [-0.3, -0.25) is 0 Å². The van der Waals surface area contributed by atoms with Crippen molar-refractivity contribution in [3.8, 4) is 0 Å². The number of hydrogen-bond acceptors (Lipinski definition) is 5. The molecular formula is C13H13N3O2S. The first-order valence-corrected chi connectivity index (χ1v) is 6.75. The lowest BCUT2D eigenvalue weighted by Gasteiger charge is -2.10. The SMILES string of the molecule is Cc1csc(Cn2ccnc2[C@@H](O)c2ccco2)n1. The lowest BCUT2D eigenvalue weighted by Crippen LogP contribution is -2.10. The zero-order valence-electron chi connectivity index (χ0n) is 10.4. The largest absolute Gasteiger partial charge is 0.466 e. The maximum atomic E-state index is 10.2. The first-order valence-electron chi connectivity index (χ1n) is 5.87. The van der Waals surface area contributed by atoms with Gasteiger partial charge in [0, 0.05) is 23.5 Å². The van der Waals surface area contributed by atoms with Crippen LogP contribution in [0.25, 0.3) is 0 Å². The second-order valence-corrected chi connectivity index (χ2v) is 5.16. The van der Waals surface area contributed by atoms with E-state index in [2.05, 4.69) is 9.97 Å². The molecule has 0 aromatic carbocycles. The molecule has 3 aromatic heterocycles. The molecule has 3 heterocycles. The van der Waals surface area contributed by atoms with Crippen LogP contribution in [0.3, 0.4) is 0 Å². The maximum Gasteiger partial charge on any atom is 0.169 e. The molecule has 0 aliphatic heterocycles. The fourth-order valence-corrected chi connectivity index (χ4v) is 2.67. The van der Waals surface area contributed by atoms with Crippen LogP contribution >= 0.6 is 11.3 Å². The molecule has 0 bridgehead atoms. The number of thiazole rings is 1. The number of rotatable bonds is 4. The van der Waals surface area contributed by atoms with Crippen molar-refractivity contribution >= 4 is 11.3 Å². The minimum Gasteiger partial charge on any atom is -0.466 e. The average Bonchev–Trinajstić information content (AvgIpc) is 3.10. The smallest absolute Gasteiger partial charge is 0.169 e. The average molecular weight is 275 g/mol. The van der Waals surface area contributed by atoms with E-state index in [0.29, 0.717) is 18.1 Å². The molecule has 0 spiro atoms. The molecule has 98 valence electrons. The van der Waals surface area contributed by atoms with Gasteiger partial charge in [-0.15, -0.1) is 11.3 Å². The number of imidazole rings is 1. The minimum absolute atomic E-state index is 0.489. The second kappa shape index (κ2) is 4.99. The van der Waals surface area contributed by atoms with Crippen LogP contribution in [0.1, 0.15) is 28.4 Å². The third-order valence-electron chi connectivity index (χ3n) is 2.78. The molecule has 3 rings (SSSR count). The molecular weight excluding hydrogens is 262 g/mol. The Labute approximate surface area is 114 Å². The van der Waals surface area contributed by atoms with Gasteiger partial charge in [0.25, 0.3) is 0 Å². The molecule has 5 nitrogen and oxygen atoms in total. The highest BCUT2D eigenvalue weighted by Crippen LogP contribution is 2.22. The first kappa shape index (κ1) is 12.1. The van der Waals surface area contributed by atoms with Crippen LogP contribution in [0.4, 0.5) is 0 Å². The van der Waals surface area contributed by atoms with Crippen molar-refractivity contribution < 1.29 is 9.52 Å². The van der Waals surface area contributed by atoms with Crippen molar-refractivity contribution in [1.82, 2.24) is 14.5 Å². The lowest BCUT2D eigenvalue weighted by atomic mass is 10.2. The van der Waals surface area contributed by atoms with Crippen molar-refractivity contribution in [3.63, 3.8) is 0 Å². The highest BCUT2D eigenvalue weighted by Gasteiger charge is 2.19. The Balaban J connectivity index is 1.86. The number of aryl methyl sites for hydroxylation is 1. The predicted octanol–water partition coefficient (Wildman–Crippen LogP) is 2.37. The van der Waals surface area contributed by atoms with Crippen LogP contribution in [0.5, 0.6) is 0 Å². The molecule has 0 aliphatic rings. The molecule has 3 aromatic rings. The van der Waals surface area contributed by atoms with E-state index in [1.807, 2.05) is 23.1 Å². The summed E-state index contributed by atoms with van der Waals surface area (Å²) in [4.78, 5) is 8.62. The first-order chi connectivity index (χ1) is 9.24. The van der Waals surface area contributed by atoms with Crippen LogP contribution in [0, 0.1) is 6.92 Å². The topological polar surface area (TPSA) is 64.1 Å². The van der Waals surface area contributed by atoms with Gasteiger partial charge >= 0.3 is 0 Å². The van der Waals surface area contributed by atoms with Crippen molar-refractivity contribution in [2.45, 2.75) is 19.6 Å². The third kappa shape index (κ3) is 2.45. The predicted molar refractivity (Wildman–Crippen MR) is 70.9 cm³/mol. The van der Waals surface area contributed by atoms with Crippen molar-refractivity contribution in [3.05, 3.63) is 58.5 Å². The quantitative estimate of drug-likeness (QED) is 0.794. The highest BCUT2D eigenvalue weighted by molar-refractivity contribution is 7.09. The van der Waals surface area contributed by atoms with Crippen LogP contribution < -0.4 is 0 Å². The molecule has 1 atom stereocenters. The Kier molecular flexibility index (Phi) is 3.18. The van der Waals surface area contributed by atoms with Crippen LogP contribution in [0.15, 0.2) is 40.6 Å². The summed E-state index contributed by atoms with van der Waals surface area (Å²) in [5.74, 6) is 1.05. The van der Waals surface area contributed by atoms with Gasteiger partial charge in [-0.1, -0.05) is 0 Å². The summed E-state index contributed by atoms with van der Waals surface area (Å²) in [5.41, 5.74) is 1.01. The summed E-state index contributed by atoms with van der Waals surface area (Å²) in [5, 5.41) is 13.2. The normalized spacial score (nSPS) is 12.7. The molecule has 0 fully saturated rings. The van der Waals surface area contributed by atoms with Gasteiger partial charge in [-0.2, -0.15) is 0 Å². The molecule has 0 aliphatic carbocycles. The molecule has 19 heavy (non-hydrogen) atoms. The number of furan rings is 1. The van der Waals surface area contributed by atoms with E-state index in [1.54, 1.807) is 29.7 Å². The summed E-state index contributed by atoms with van der Waals surface area (Å²) in [6, 6.07) is 3.48. The monoisotopic (exact) mass is 275 g/mol. The lowest BCUT2D eigenvalue weighted by molar-refractivity contribution is 0.176. The van der Waals surface area contributed by atoms with Gasteiger partial charge < -0.3 is 14.1 Å². The molecule has 0 saturated heterocycles. The number of nitrogens with zero attached hydrogens (tertiary/aromatic N) is 3. The van der Waals surface area contributed by atoms with Gasteiger partial charge in [0.2, 0.25) is 0 Å². The third-order valence-corrected chi connectivity index (χ3v) is 3.73. The van der Waals surface area contributed by atoms with Gasteiger partial charge in [0.05, 0.1) is 12.8 Å². The number of hydrogen-bond donors (Lipinski definition) is 1.